The van der Waals surface area contributed by atoms with Gasteiger partial charge in [0.15, 0.2) is 14.1 Å². The van der Waals surface area contributed by atoms with Crippen molar-refractivity contribution in [2.24, 2.45) is 0 Å². The second-order valence-electron chi connectivity index (χ2n) is 11.8. The zero-order valence-corrected chi connectivity index (χ0v) is 31.6. The molecule has 0 fully saturated rings. The van der Waals surface area contributed by atoms with Crippen molar-refractivity contribution in [3.8, 4) is 11.5 Å². The van der Waals surface area contributed by atoms with Crippen molar-refractivity contribution in [3.63, 3.8) is 0 Å². The predicted octanol–water partition coefficient (Wildman–Crippen LogP) is 6.82. The van der Waals surface area contributed by atoms with Crippen LogP contribution in [0.25, 0.3) is 11.1 Å². The number of methoxy groups -OCH3 is 2. The van der Waals surface area contributed by atoms with E-state index in [0.29, 0.717) is 40.8 Å². The molecule has 3 aromatic rings. The van der Waals surface area contributed by atoms with E-state index in [4.69, 9.17) is 29.9 Å². The predicted molar refractivity (Wildman–Crippen MR) is 172 cm³/mol. The van der Waals surface area contributed by atoms with E-state index in [1.165, 1.54) is 0 Å². The average Bonchev–Trinajstić information content (AvgIpc) is 3.30. The number of nitrogens with zero attached hydrogens (tertiary/aromatic N) is 3. The molecule has 39 heavy (non-hydrogen) atoms. The van der Waals surface area contributed by atoms with Gasteiger partial charge in [0, 0.05) is 19.8 Å². The van der Waals surface area contributed by atoms with Gasteiger partial charge in [0.2, 0.25) is 0 Å². The summed E-state index contributed by atoms with van der Waals surface area (Å²) in [6, 6.07) is 3.74. The van der Waals surface area contributed by atoms with Gasteiger partial charge in [0.25, 0.3) is 5.91 Å². The second kappa shape index (κ2) is 13.7. The number of aromatic nitrogens is 2. The van der Waals surface area contributed by atoms with Gasteiger partial charge in [0.05, 0.1) is 19.3 Å². The molecule has 0 N–H and O–H groups in total. The van der Waals surface area contributed by atoms with Crippen LogP contribution >= 0.6 is 34.2 Å². The Balaban J connectivity index is 0.000000290. The second-order valence-corrected chi connectivity index (χ2v) is 32.2. The van der Waals surface area contributed by atoms with Crippen LogP contribution in [0.3, 0.4) is 0 Å². The van der Waals surface area contributed by atoms with E-state index in [2.05, 4.69) is 81.2 Å². The van der Waals surface area contributed by atoms with E-state index in [1.54, 1.807) is 44.6 Å². The molecule has 0 unspecified atom stereocenters. The Morgan fingerprint density at radius 3 is 2.26 bits per heavy atom. The summed E-state index contributed by atoms with van der Waals surface area (Å²) in [5.74, 6) is 1.09. The fourth-order valence-electron chi connectivity index (χ4n) is 3.11. The third kappa shape index (κ3) is 8.94. The zero-order valence-electron chi connectivity index (χ0n) is 24.9. The first-order valence-electron chi connectivity index (χ1n) is 12.6. The van der Waals surface area contributed by atoms with Crippen molar-refractivity contribution in [1.29, 1.82) is 0 Å². The van der Waals surface area contributed by atoms with E-state index in [9.17, 15) is 4.79 Å². The van der Waals surface area contributed by atoms with Crippen molar-refractivity contribution in [2.75, 3.05) is 34.4 Å². The zero-order chi connectivity index (χ0) is 29.8. The molecule has 0 aliphatic carbocycles. The maximum absolute atomic E-state index is 12.5. The van der Waals surface area contributed by atoms with Crippen LogP contribution in [0.5, 0.6) is 11.5 Å². The Hall–Kier alpha value is -1.09. The monoisotopic (exact) mass is 797 g/mol. The third-order valence-electron chi connectivity index (χ3n) is 6.72. The number of furan rings is 1. The minimum absolute atomic E-state index is 0.0777. The van der Waals surface area contributed by atoms with Crippen LogP contribution in [0.4, 0.5) is 0 Å². The number of hydrogen-bond donors (Lipinski definition) is 0. The van der Waals surface area contributed by atoms with E-state index >= 15 is 0 Å². The molecule has 0 saturated heterocycles. The van der Waals surface area contributed by atoms with E-state index in [1.807, 2.05) is 6.07 Å². The molecule has 0 radical (unpaired) electrons. The van der Waals surface area contributed by atoms with Gasteiger partial charge in [-0.3, -0.25) is 4.79 Å². The van der Waals surface area contributed by atoms with E-state index in [0.717, 1.165) is 13.0 Å². The fraction of sp³-hybridized carbons (Fsp3) is 0.519. The van der Waals surface area contributed by atoms with Crippen LogP contribution in [0, 0.1) is 3.70 Å². The maximum atomic E-state index is 12.5. The number of likely N-dealkylation sites (N-methyl/N-ethyl adjacent to an activating group) is 1. The molecule has 0 bridgehead atoms. The first kappa shape index (κ1) is 34.1. The standard InChI is InChI=1S/C16H27IN2O3Si.C8H5ClNO2.3CH3.Sn/c1-16(2,3)23(6,7)22-9-8-19(4)15(20)12-10-13(21-5)14(17)18-11-12;1-11-6-4-10-5-2-3-12-8(5)7(6)9;;;;/h10-11H,8-9H2,1-7H3;2,4H,1H3;3*1H3;. The van der Waals surface area contributed by atoms with Crippen molar-refractivity contribution in [3.05, 3.63) is 38.8 Å². The van der Waals surface area contributed by atoms with E-state index in [-0.39, 0.29) is 10.9 Å². The number of hydrogen-bond acceptors (Lipinski definition) is 7. The molecule has 1 amide bonds. The average molecular weight is 797 g/mol. The number of halogens is 2. The van der Waals surface area contributed by atoms with Crippen molar-refractivity contribution >= 4 is 81.7 Å². The Bertz CT molecular complexity index is 1290. The summed E-state index contributed by atoms with van der Waals surface area (Å²) < 4.78 is 24.1. The summed E-state index contributed by atoms with van der Waals surface area (Å²) in [6.45, 7) is 12.1. The van der Waals surface area contributed by atoms with Crippen molar-refractivity contribution in [2.45, 2.75) is 53.7 Å². The number of pyridine rings is 2. The first-order chi connectivity index (χ1) is 17.9. The Morgan fingerprint density at radius 2 is 1.72 bits per heavy atom. The molecule has 3 heterocycles. The molecule has 0 atom stereocenters. The molecular formula is C27H41ClIN3O5SiSn. The number of fused-ring (bicyclic) bond motifs is 1. The van der Waals surface area contributed by atoms with Crippen molar-refractivity contribution in [1.82, 2.24) is 14.9 Å². The van der Waals surface area contributed by atoms with Crippen LogP contribution in [0.15, 0.2) is 28.9 Å². The number of amides is 1. The third-order valence-corrected chi connectivity index (χ3v) is 17.4. The van der Waals surface area contributed by atoms with Gasteiger partial charge in [-0.25, -0.2) is 4.98 Å². The SMILES string of the molecule is COc1cc(C(=O)N(C)CCO[Si](C)(C)C(C)(C)C)cnc1I.COc1cnc2c[c]([Sn]([CH3])([CH3])[CH3])oc2c1Cl. The van der Waals surface area contributed by atoms with Gasteiger partial charge in [-0.1, -0.05) is 20.8 Å². The summed E-state index contributed by atoms with van der Waals surface area (Å²) in [5, 5.41) is 0.678. The summed E-state index contributed by atoms with van der Waals surface area (Å²) >= 11 is 6.05. The summed E-state index contributed by atoms with van der Waals surface area (Å²) in [4.78, 5) is 29.5. The first-order valence-corrected chi connectivity index (χ1v) is 27.0. The van der Waals surface area contributed by atoms with Gasteiger partial charge >= 0.3 is 104 Å². The van der Waals surface area contributed by atoms with Gasteiger partial charge in [0.1, 0.15) is 3.70 Å². The summed E-state index contributed by atoms with van der Waals surface area (Å²) in [7, 11) is 3.14. The molecular weight excluding hydrogens is 755 g/mol. The molecule has 0 aliphatic heterocycles. The molecule has 216 valence electrons. The van der Waals surface area contributed by atoms with Gasteiger partial charge < -0.3 is 14.1 Å². The topological polar surface area (TPSA) is 86.9 Å². The molecule has 0 aliphatic rings. The van der Waals surface area contributed by atoms with Crippen LogP contribution < -0.4 is 13.2 Å². The van der Waals surface area contributed by atoms with Crippen LogP contribution in [-0.4, -0.2) is 81.9 Å². The Labute approximate surface area is 256 Å². The van der Waals surface area contributed by atoms with Crippen LogP contribution in [-0.2, 0) is 4.43 Å². The van der Waals surface area contributed by atoms with Crippen LogP contribution in [0.2, 0.25) is 38.0 Å². The molecule has 8 nitrogen and oxygen atoms in total. The molecule has 12 heteroatoms. The van der Waals surface area contributed by atoms with E-state index < -0.39 is 26.7 Å². The Kier molecular flexibility index (Phi) is 12.0. The molecule has 3 rings (SSSR count). The quantitative estimate of drug-likeness (QED) is 0.141. The van der Waals surface area contributed by atoms with Gasteiger partial charge in [-0.15, -0.1) is 0 Å². The van der Waals surface area contributed by atoms with Gasteiger partial charge in [-0.2, -0.15) is 0 Å². The number of rotatable bonds is 8. The minimum atomic E-state index is -2.20. The number of carbonyl (C=O) groups excluding carboxylic acids is 1. The molecule has 3 aromatic heterocycles. The molecule has 0 aromatic carbocycles. The molecule has 0 spiro atoms. The van der Waals surface area contributed by atoms with Crippen LogP contribution in [0.1, 0.15) is 31.1 Å². The summed E-state index contributed by atoms with van der Waals surface area (Å²) in [5.41, 5.74) is 1.98. The molecule has 0 saturated carbocycles. The van der Waals surface area contributed by atoms with Crippen molar-refractivity contribution < 1.29 is 23.1 Å². The summed E-state index contributed by atoms with van der Waals surface area (Å²) in [6.07, 6.45) is 3.21. The Morgan fingerprint density at radius 1 is 1.10 bits per heavy atom. The number of ether oxygens (including phenoxy) is 2. The number of carbonyl (C=O) groups is 1. The van der Waals surface area contributed by atoms with Gasteiger partial charge in [-0.05, 0) is 46.8 Å². The normalized spacial score (nSPS) is 12.1. The fourth-order valence-corrected chi connectivity index (χ4v) is 7.71.